The number of amides is 1. The number of morpholine rings is 1. The van der Waals surface area contributed by atoms with E-state index in [4.69, 9.17) is 4.74 Å². The van der Waals surface area contributed by atoms with Crippen molar-refractivity contribution in [3.8, 4) is 0 Å². The lowest BCUT2D eigenvalue weighted by molar-refractivity contribution is -0.124. The van der Waals surface area contributed by atoms with Crippen LogP contribution >= 0.6 is 0 Å². The van der Waals surface area contributed by atoms with Gasteiger partial charge in [-0.15, -0.1) is 0 Å². The van der Waals surface area contributed by atoms with Gasteiger partial charge in [0, 0.05) is 36.5 Å². The molecule has 5 nitrogen and oxygen atoms in total. The van der Waals surface area contributed by atoms with Crippen LogP contribution in [-0.2, 0) is 9.53 Å². The number of likely N-dealkylation sites (tertiary alicyclic amines) is 1. The number of carbonyl (C=O) groups is 1. The smallest absolute Gasteiger partial charge is 0.238 e. The first kappa shape index (κ1) is 16.9. The molecule has 25 heavy (non-hydrogen) atoms. The first-order valence-corrected chi connectivity index (χ1v) is 9.73. The number of rotatable bonds is 4. The Balaban J connectivity index is 1.30. The highest BCUT2D eigenvalue weighted by molar-refractivity contribution is 5.92. The fourth-order valence-electron chi connectivity index (χ4n) is 4.56. The summed E-state index contributed by atoms with van der Waals surface area (Å²) in [6.45, 7) is 5.05. The topological polar surface area (TPSA) is 44.8 Å². The number of nitrogens with one attached hydrogen (secondary N) is 1. The van der Waals surface area contributed by atoms with Crippen molar-refractivity contribution in [1.29, 1.82) is 0 Å². The Morgan fingerprint density at radius 3 is 2.36 bits per heavy atom. The van der Waals surface area contributed by atoms with Gasteiger partial charge in [0.2, 0.25) is 5.91 Å². The molecule has 3 aliphatic rings. The van der Waals surface area contributed by atoms with Crippen LogP contribution in [0.5, 0.6) is 0 Å². The number of hydrogen-bond donors (Lipinski definition) is 1. The molecular weight excluding hydrogens is 314 g/mol. The van der Waals surface area contributed by atoms with Gasteiger partial charge in [0.25, 0.3) is 0 Å². The van der Waals surface area contributed by atoms with Gasteiger partial charge in [0.1, 0.15) is 0 Å². The van der Waals surface area contributed by atoms with Crippen molar-refractivity contribution in [3.63, 3.8) is 0 Å². The molecule has 1 amide bonds. The molecule has 0 atom stereocenters. The van der Waals surface area contributed by atoms with Gasteiger partial charge in [0.15, 0.2) is 0 Å². The van der Waals surface area contributed by atoms with Gasteiger partial charge < -0.3 is 15.0 Å². The van der Waals surface area contributed by atoms with E-state index in [1.165, 1.54) is 44.2 Å². The predicted octanol–water partition coefficient (Wildman–Crippen LogP) is 2.87. The first-order valence-electron chi connectivity index (χ1n) is 9.73. The maximum atomic E-state index is 12.4. The molecule has 2 heterocycles. The van der Waals surface area contributed by atoms with E-state index >= 15 is 0 Å². The number of carbonyl (C=O) groups excluding carboxylic acids is 1. The van der Waals surface area contributed by atoms with E-state index in [-0.39, 0.29) is 5.91 Å². The second-order valence-corrected chi connectivity index (χ2v) is 7.65. The van der Waals surface area contributed by atoms with Gasteiger partial charge in [-0.05, 0) is 43.5 Å². The molecule has 0 aromatic heterocycles. The number of nitrogens with zero attached hydrogens (tertiary/aromatic N) is 2. The van der Waals surface area contributed by atoms with E-state index in [1.54, 1.807) is 0 Å². The zero-order chi connectivity index (χ0) is 17.1. The summed E-state index contributed by atoms with van der Waals surface area (Å²) < 4.78 is 5.39. The zero-order valence-electron chi connectivity index (χ0n) is 15.0. The maximum Gasteiger partial charge on any atom is 0.238 e. The van der Waals surface area contributed by atoms with Gasteiger partial charge >= 0.3 is 0 Å². The van der Waals surface area contributed by atoms with Crippen LogP contribution in [0.1, 0.15) is 38.5 Å². The summed E-state index contributed by atoms with van der Waals surface area (Å²) in [5.41, 5.74) is 2.43. The predicted molar refractivity (Wildman–Crippen MR) is 100 cm³/mol. The van der Waals surface area contributed by atoms with Crippen molar-refractivity contribution in [1.82, 2.24) is 4.90 Å². The summed E-state index contributed by atoms with van der Waals surface area (Å²) in [7, 11) is 0. The standard InChI is InChI=1S/C20H29N3O2/c24-19(16-23-11-10-20(23)8-2-1-3-9-20)21-17-4-6-18(7-5-17)22-12-14-25-15-13-22/h4-7H,1-3,8-16H2,(H,21,24). The third-order valence-electron chi connectivity index (χ3n) is 6.16. The van der Waals surface area contributed by atoms with Crippen molar-refractivity contribution in [2.75, 3.05) is 49.6 Å². The highest BCUT2D eigenvalue weighted by atomic mass is 16.5. The fourth-order valence-corrected chi connectivity index (χ4v) is 4.56. The lowest BCUT2D eigenvalue weighted by Crippen LogP contribution is -2.62. The van der Waals surface area contributed by atoms with E-state index in [9.17, 15) is 4.79 Å². The third kappa shape index (κ3) is 3.67. The van der Waals surface area contributed by atoms with E-state index in [0.717, 1.165) is 38.5 Å². The van der Waals surface area contributed by atoms with E-state index in [0.29, 0.717) is 12.1 Å². The molecule has 1 saturated carbocycles. The summed E-state index contributed by atoms with van der Waals surface area (Å²) in [5, 5.41) is 3.07. The molecule has 1 aromatic rings. The fraction of sp³-hybridized carbons (Fsp3) is 0.650. The van der Waals surface area contributed by atoms with Crippen LogP contribution < -0.4 is 10.2 Å². The van der Waals surface area contributed by atoms with Gasteiger partial charge in [-0.2, -0.15) is 0 Å². The van der Waals surface area contributed by atoms with E-state index in [2.05, 4.69) is 27.2 Å². The van der Waals surface area contributed by atoms with Gasteiger partial charge in [-0.3, -0.25) is 9.69 Å². The van der Waals surface area contributed by atoms with Gasteiger partial charge in [-0.1, -0.05) is 19.3 Å². The maximum absolute atomic E-state index is 12.4. The minimum Gasteiger partial charge on any atom is -0.378 e. The van der Waals surface area contributed by atoms with Crippen LogP contribution in [0.2, 0.25) is 0 Å². The van der Waals surface area contributed by atoms with Crippen LogP contribution in [0, 0.1) is 0 Å². The van der Waals surface area contributed by atoms with Gasteiger partial charge in [-0.25, -0.2) is 0 Å². The van der Waals surface area contributed by atoms with Crippen LogP contribution in [0.25, 0.3) is 0 Å². The first-order chi connectivity index (χ1) is 12.3. The molecule has 5 heteroatoms. The molecule has 1 spiro atoms. The Bertz CT molecular complexity index is 589. The van der Waals surface area contributed by atoms with Crippen molar-refractivity contribution >= 4 is 17.3 Å². The Hall–Kier alpha value is -1.59. The van der Waals surface area contributed by atoms with Crippen LogP contribution in [-0.4, -0.2) is 55.7 Å². The highest BCUT2D eigenvalue weighted by Gasteiger charge is 2.45. The number of anilines is 2. The number of benzene rings is 1. The molecule has 2 saturated heterocycles. The molecule has 136 valence electrons. The quantitative estimate of drug-likeness (QED) is 0.913. The molecule has 1 aromatic carbocycles. The summed E-state index contributed by atoms with van der Waals surface area (Å²) in [5.74, 6) is 0.115. The van der Waals surface area contributed by atoms with Crippen LogP contribution in [0.3, 0.4) is 0 Å². The highest BCUT2D eigenvalue weighted by Crippen LogP contribution is 2.42. The van der Waals surface area contributed by atoms with Gasteiger partial charge in [0.05, 0.1) is 19.8 Å². The van der Waals surface area contributed by atoms with Crippen molar-refractivity contribution in [2.45, 2.75) is 44.1 Å². The molecule has 2 aliphatic heterocycles. The Morgan fingerprint density at radius 2 is 1.72 bits per heavy atom. The molecule has 1 aliphatic carbocycles. The molecular formula is C20H29N3O2. The van der Waals surface area contributed by atoms with E-state index in [1.807, 2.05) is 12.1 Å². The summed E-state index contributed by atoms with van der Waals surface area (Å²) in [4.78, 5) is 17.2. The molecule has 1 N–H and O–H groups in total. The summed E-state index contributed by atoms with van der Waals surface area (Å²) >= 11 is 0. The number of hydrogen-bond acceptors (Lipinski definition) is 4. The average molecular weight is 343 g/mol. The second kappa shape index (κ2) is 7.34. The SMILES string of the molecule is O=C(CN1CCC12CCCCC2)Nc1ccc(N2CCOCC2)cc1. The summed E-state index contributed by atoms with van der Waals surface area (Å²) in [6, 6.07) is 8.20. The largest absolute Gasteiger partial charge is 0.378 e. The molecule has 0 bridgehead atoms. The Kier molecular flexibility index (Phi) is 4.95. The zero-order valence-corrected chi connectivity index (χ0v) is 15.0. The Morgan fingerprint density at radius 1 is 1.00 bits per heavy atom. The van der Waals surface area contributed by atoms with Crippen molar-refractivity contribution in [2.24, 2.45) is 0 Å². The molecule has 4 rings (SSSR count). The van der Waals surface area contributed by atoms with Crippen LogP contribution in [0.4, 0.5) is 11.4 Å². The Labute approximate surface area is 150 Å². The number of ether oxygens (including phenoxy) is 1. The molecule has 3 fully saturated rings. The minimum atomic E-state index is 0.115. The monoisotopic (exact) mass is 343 g/mol. The molecule has 0 unspecified atom stereocenters. The average Bonchev–Trinajstić information content (AvgIpc) is 2.67. The normalized spacial score (nSPS) is 23.3. The van der Waals surface area contributed by atoms with Crippen molar-refractivity contribution < 1.29 is 9.53 Å². The van der Waals surface area contributed by atoms with Crippen molar-refractivity contribution in [3.05, 3.63) is 24.3 Å². The lowest BCUT2D eigenvalue weighted by atomic mass is 9.72. The minimum absolute atomic E-state index is 0.115. The second-order valence-electron chi connectivity index (χ2n) is 7.65. The lowest BCUT2D eigenvalue weighted by Gasteiger charge is -2.55. The summed E-state index contributed by atoms with van der Waals surface area (Å²) in [6.07, 6.45) is 7.82. The molecule has 0 radical (unpaired) electrons. The van der Waals surface area contributed by atoms with E-state index < -0.39 is 0 Å². The third-order valence-corrected chi connectivity index (χ3v) is 6.16. The van der Waals surface area contributed by atoms with Crippen LogP contribution in [0.15, 0.2) is 24.3 Å².